The molecule has 0 spiro atoms. The molecular formula is C23H35FN2O2S. The number of piperidine rings is 1. The Hall–Kier alpha value is -1.27. The second-order valence-electron chi connectivity index (χ2n) is 9.63. The van der Waals surface area contributed by atoms with Crippen LogP contribution in [0, 0.1) is 25.2 Å². The maximum absolute atomic E-state index is 12.5. The van der Waals surface area contributed by atoms with E-state index in [4.69, 9.17) is 10.5 Å². The number of carbonyl (C=O) groups is 1. The zero-order valence-corrected chi connectivity index (χ0v) is 19.0. The number of ether oxygens (including phenoxy) is 1. The molecule has 0 aliphatic carbocycles. The lowest BCUT2D eigenvalue weighted by Crippen LogP contribution is -2.49. The summed E-state index contributed by atoms with van der Waals surface area (Å²) >= 11 is 0.415. The standard InChI is InChI=1S/C23H35FN2O2S/c1-15-11-17-6-9-26-14-18(5-7-23(3,4)8-10-29-24)21(28-22(25)27)13-20(26)19(17)12-16(15)2/h11-12,18,20-21H,5-10,13-14H2,1-4H3,(H2,25,27)/t18-,20-,21-/m1/s1. The minimum Gasteiger partial charge on any atom is -0.446 e. The van der Waals surface area contributed by atoms with Gasteiger partial charge in [-0.2, -0.15) is 3.89 Å². The van der Waals surface area contributed by atoms with E-state index in [1.165, 1.54) is 22.3 Å². The van der Waals surface area contributed by atoms with Gasteiger partial charge in [0, 0.05) is 49.4 Å². The Labute approximate surface area is 179 Å². The molecule has 2 N–H and O–H groups in total. The summed E-state index contributed by atoms with van der Waals surface area (Å²) < 4.78 is 18.1. The average Bonchev–Trinajstić information content (AvgIpc) is 2.65. The number of hydrogen-bond donors (Lipinski definition) is 1. The third kappa shape index (κ3) is 5.46. The Morgan fingerprint density at radius 2 is 2.03 bits per heavy atom. The van der Waals surface area contributed by atoms with Crippen molar-refractivity contribution in [3.8, 4) is 0 Å². The van der Waals surface area contributed by atoms with Crippen molar-refractivity contribution in [3.05, 3.63) is 34.4 Å². The first-order chi connectivity index (χ1) is 13.7. The number of hydrogen-bond acceptors (Lipinski definition) is 4. The van der Waals surface area contributed by atoms with Crippen molar-refractivity contribution in [2.24, 2.45) is 17.1 Å². The zero-order valence-electron chi connectivity index (χ0n) is 18.2. The van der Waals surface area contributed by atoms with Crippen LogP contribution in [-0.4, -0.2) is 35.9 Å². The van der Waals surface area contributed by atoms with Crippen LogP contribution in [0.5, 0.6) is 0 Å². The van der Waals surface area contributed by atoms with Crippen molar-refractivity contribution < 1.29 is 13.4 Å². The lowest BCUT2D eigenvalue weighted by Gasteiger charge is -2.47. The molecule has 3 rings (SSSR count). The van der Waals surface area contributed by atoms with Crippen LogP contribution in [0.1, 0.15) is 67.8 Å². The van der Waals surface area contributed by atoms with Crippen LogP contribution in [0.15, 0.2) is 12.1 Å². The van der Waals surface area contributed by atoms with Crippen molar-refractivity contribution >= 4 is 18.2 Å². The summed E-state index contributed by atoms with van der Waals surface area (Å²) in [6, 6.07) is 4.93. The predicted octanol–water partition coefficient (Wildman–Crippen LogP) is 5.50. The van der Waals surface area contributed by atoms with E-state index in [2.05, 4.69) is 44.7 Å². The molecule has 2 heterocycles. The molecule has 3 atom stereocenters. The summed E-state index contributed by atoms with van der Waals surface area (Å²) in [5.74, 6) is 0.798. The second kappa shape index (κ2) is 9.25. The van der Waals surface area contributed by atoms with Crippen molar-refractivity contribution in [2.75, 3.05) is 18.8 Å². The molecule has 1 fully saturated rings. The first-order valence-corrected chi connectivity index (χ1v) is 11.6. The molecule has 0 aromatic heterocycles. The number of benzene rings is 1. The van der Waals surface area contributed by atoms with Crippen LogP contribution in [-0.2, 0) is 11.2 Å². The number of nitrogens with zero attached hydrogens (tertiary/aromatic N) is 1. The van der Waals surface area contributed by atoms with E-state index >= 15 is 0 Å². The van der Waals surface area contributed by atoms with Gasteiger partial charge in [-0.15, -0.1) is 0 Å². The van der Waals surface area contributed by atoms with Crippen molar-refractivity contribution in [1.29, 1.82) is 0 Å². The Morgan fingerprint density at radius 3 is 2.72 bits per heavy atom. The van der Waals surface area contributed by atoms with E-state index in [9.17, 15) is 8.68 Å². The highest BCUT2D eigenvalue weighted by molar-refractivity contribution is 7.94. The van der Waals surface area contributed by atoms with Gasteiger partial charge in [0.25, 0.3) is 0 Å². The summed E-state index contributed by atoms with van der Waals surface area (Å²) in [5.41, 5.74) is 11.0. The Kier molecular flexibility index (Phi) is 7.15. The van der Waals surface area contributed by atoms with Gasteiger partial charge in [-0.05, 0) is 67.2 Å². The molecular weight excluding hydrogens is 387 g/mol. The summed E-state index contributed by atoms with van der Waals surface area (Å²) in [5, 5.41) is 0. The summed E-state index contributed by atoms with van der Waals surface area (Å²) in [6.07, 6.45) is 3.82. The SMILES string of the molecule is Cc1cc2c(cc1C)[C@H]1C[C@@H](OC(N)=O)[C@H](CCC(C)(C)CCSF)CN1CC2. The third-order valence-corrected chi connectivity index (χ3v) is 7.35. The third-order valence-electron chi connectivity index (χ3n) is 6.99. The van der Waals surface area contributed by atoms with Crippen molar-refractivity contribution in [1.82, 2.24) is 4.90 Å². The van der Waals surface area contributed by atoms with Gasteiger partial charge in [0.05, 0.1) is 0 Å². The fourth-order valence-electron chi connectivity index (χ4n) is 4.95. The lowest BCUT2D eigenvalue weighted by atomic mass is 9.76. The van der Waals surface area contributed by atoms with E-state index < -0.39 is 6.09 Å². The molecule has 4 nitrogen and oxygen atoms in total. The first kappa shape index (κ1) is 22.4. The number of primary amides is 1. The smallest absolute Gasteiger partial charge is 0.404 e. The van der Waals surface area contributed by atoms with Gasteiger partial charge in [-0.3, -0.25) is 4.90 Å². The molecule has 0 bridgehead atoms. The molecule has 1 saturated heterocycles. The molecule has 1 aromatic carbocycles. The monoisotopic (exact) mass is 422 g/mol. The highest BCUT2D eigenvalue weighted by Crippen LogP contribution is 2.42. The maximum Gasteiger partial charge on any atom is 0.404 e. The van der Waals surface area contributed by atoms with Gasteiger partial charge in [-0.1, -0.05) is 26.0 Å². The summed E-state index contributed by atoms with van der Waals surface area (Å²) in [7, 11) is 0. The zero-order chi connectivity index (χ0) is 21.2. The van der Waals surface area contributed by atoms with E-state index in [0.717, 1.165) is 45.2 Å². The highest BCUT2D eigenvalue weighted by atomic mass is 32.2. The van der Waals surface area contributed by atoms with Gasteiger partial charge >= 0.3 is 6.09 Å². The normalized spacial score (nSPS) is 24.7. The summed E-state index contributed by atoms with van der Waals surface area (Å²) in [4.78, 5) is 14.2. The molecule has 29 heavy (non-hydrogen) atoms. The van der Waals surface area contributed by atoms with Crippen molar-refractivity contribution in [3.63, 3.8) is 0 Å². The first-order valence-electron chi connectivity index (χ1n) is 10.7. The largest absolute Gasteiger partial charge is 0.446 e. The lowest BCUT2D eigenvalue weighted by molar-refractivity contribution is -0.0261. The highest BCUT2D eigenvalue weighted by Gasteiger charge is 2.41. The molecule has 6 heteroatoms. The molecule has 162 valence electrons. The number of fused-ring (bicyclic) bond motifs is 3. The average molecular weight is 423 g/mol. The molecule has 0 radical (unpaired) electrons. The molecule has 1 aromatic rings. The minimum atomic E-state index is -0.683. The number of amides is 1. The summed E-state index contributed by atoms with van der Waals surface area (Å²) in [6.45, 7) is 10.7. The predicted molar refractivity (Wildman–Crippen MR) is 118 cm³/mol. The van der Waals surface area contributed by atoms with Crippen molar-refractivity contribution in [2.45, 2.75) is 71.9 Å². The minimum absolute atomic E-state index is 0.0797. The van der Waals surface area contributed by atoms with Crippen LogP contribution in [0.3, 0.4) is 0 Å². The number of halogens is 1. The van der Waals surface area contributed by atoms with Gasteiger partial charge in [0.15, 0.2) is 0 Å². The second-order valence-corrected chi connectivity index (χ2v) is 10.3. The van der Waals surface area contributed by atoms with Crippen LogP contribution >= 0.6 is 12.1 Å². The molecule has 2 aliphatic rings. The molecule has 2 aliphatic heterocycles. The Bertz CT molecular complexity index is 740. The Morgan fingerprint density at radius 1 is 1.31 bits per heavy atom. The van der Waals surface area contributed by atoms with Gasteiger partial charge in [0.1, 0.15) is 6.10 Å². The quantitative estimate of drug-likeness (QED) is 0.630. The number of aryl methyl sites for hydroxylation is 2. The fraction of sp³-hybridized carbons (Fsp3) is 0.696. The topological polar surface area (TPSA) is 55.6 Å². The number of nitrogens with two attached hydrogens (primary N) is 1. The van der Waals surface area contributed by atoms with Crippen LogP contribution in [0.25, 0.3) is 0 Å². The van der Waals surface area contributed by atoms with Gasteiger partial charge in [0.2, 0.25) is 0 Å². The molecule has 0 saturated carbocycles. The van der Waals surface area contributed by atoms with Gasteiger partial charge < -0.3 is 10.5 Å². The van der Waals surface area contributed by atoms with E-state index in [1.54, 1.807) is 0 Å². The van der Waals surface area contributed by atoms with E-state index in [0.29, 0.717) is 17.9 Å². The van der Waals surface area contributed by atoms with Crippen LogP contribution < -0.4 is 5.73 Å². The van der Waals surface area contributed by atoms with Crippen LogP contribution in [0.4, 0.5) is 8.68 Å². The maximum atomic E-state index is 12.5. The van der Waals surface area contributed by atoms with Crippen LogP contribution in [0.2, 0.25) is 0 Å². The fourth-order valence-corrected chi connectivity index (χ4v) is 5.58. The van der Waals surface area contributed by atoms with E-state index in [1.807, 2.05) is 0 Å². The molecule has 0 unspecified atom stereocenters. The van der Waals surface area contributed by atoms with E-state index in [-0.39, 0.29) is 23.5 Å². The molecule has 1 amide bonds. The Balaban J connectivity index is 1.76. The van der Waals surface area contributed by atoms with Gasteiger partial charge in [-0.25, -0.2) is 4.79 Å². The number of rotatable bonds is 7. The number of carbonyl (C=O) groups excluding carboxylic acids is 1.